The second-order valence-corrected chi connectivity index (χ2v) is 9.94. The van der Waals surface area contributed by atoms with Crippen molar-refractivity contribution in [1.82, 2.24) is 4.90 Å². The number of rotatable bonds is 4. The average molecular weight is 414 g/mol. The Bertz CT molecular complexity index is 849. The number of thiophene rings is 1. The minimum atomic E-state index is -0.146. The van der Waals surface area contributed by atoms with Crippen molar-refractivity contribution in [2.45, 2.75) is 59.5 Å². The van der Waals surface area contributed by atoms with Gasteiger partial charge in [-0.3, -0.25) is 9.59 Å². The van der Waals surface area contributed by atoms with Gasteiger partial charge in [0.2, 0.25) is 0 Å². The number of ether oxygens (including phenoxy) is 1. The summed E-state index contributed by atoms with van der Waals surface area (Å²) >= 11 is 1.46. The van der Waals surface area contributed by atoms with E-state index in [1.54, 1.807) is 0 Å². The number of nitrogens with zero attached hydrogens (tertiary/aromatic N) is 1. The maximum Gasteiger partial charge on any atom is 0.309 e. The molecule has 5 heteroatoms. The molecule has 0 aliphatic carbocycles. The predicted molar refractivity (Wildman–Crippen MR) is 117 cm³/mol. The third kappa shape index (κ3) is 5.08. The minimum Gasteiger partial charge on any atom is -0.461 e. The third-order valence-corrected chi connectivity index (χ3v) is 6.63. The number of esters is 1. The summed E-state index contributed by atoms with van der Waals surface area (Å²) < 4.78 is 5.68. The van der Waals surface area contributed by atoms with E-state index in [-0.39, 0.29) is 23.2 Å². The van der Waals surface area contributed by atoms with Crippen LogP contribution in [-0.4, -0.2) is 29.9 Å². The standard InChI is InChI=1S/C24H31NO3S/c1-16-13-19(24(3,4)5)14-17(2)20(16)15-28-23(27)18-8-10-25(11-9-18)22(26)21-7-6-12-29-21/h6-7,12-14,18H,8-11,15H2,1-5H3. The number of benzene rings is 1. The van der Waals surface area contributed by atoms with E-state index in [1.165, 1.54) is 28.0 Å². The Morgan fingerprint density at radius 1 is 1.14 bits per heavy atom. The summed E-state index contributed by atoms with van der Waals surface area (Å²) in [5.74, 6) is -0.208. The van der Waals surface area contributed by atoms with Crippen LogP contribution in [0.3, 0.4) is 0 Å². The highest BCUT2D eigenvalue weighted by Crippen LogP contribution is 2.28. The van der Waals surface area contributed by atoms with E-state index < -0.39 is 0 Å². The molecule has 1 saturated heterocycles. The molecule has 1 aliphatic heterocycles. The summed E-state index contributed by atoms with van der Waals surface area (Å²) in [6.45, 7) is 12.3. The van der Waals surface area contributed by atoms with Gasteiger partial charge in [-0.15, -0.1) is 11.3 Å². The first kappa shape index (κ1) is 21.6. The fourth-order valence-corrected chi connectivity index (χ4v) is 4.48. The number of hydrogen-bond donors (Lipinski definition) is 0. The number of carbonyl (C=O) groups excluding carboxylic acids is 2. The predicted octanol–water partition coefficient (Wildman–Crippen LogP) is 5.26. The van der Waals surface area contributed by atoms with Crippen LogP contribution >= 0.6 is 11.3 Å². The highest BCUT2D eigenvalue weighted by atomic mass is 32.1. The van der Waals surface area contributed by atoms with E-state index >= 15 is 0 Å². The lowest BCUT2D eigenvalue weighted by molar-refractivity contribution is -0.151. The maximum atomic E-state index is 12.6. The molecule has 0 atom stereocenters. The summed E-state index contributed by atoms with van der Waals surface area (Å²) in [4.78, 5) is 27.6. The van der Waals surface area contributed by atoms with Crippen LogP contribution < -0.4 is 0 Å². The molecule has 0 spiro atoms. The summed E-state index contributed by atoms with van der Waals surface area (Å²) in [5, 5.41) is 1.91. The Labute approximate surface area is 177 Å². The van der Waals surface area contributed by atoms with Gasteiger partial charge in [0.25, 0.3) is 5.91 Å². The number of likely N-dealkylation sites (tertiary alicyclic amines) is 1. The van der Waals surface area contributed by atoms with Crippen LogP contribution in [0, 0.1) is 19.8 Å². The van der Waals surface area contributed by atoms with Crippen LogP contribution in [0.5, 0.6) is 0 Å². The van der Waals surface area contributed by atoms with Crippen LogP contribution in [0.1, 0.15) is 65.5 Å². The third-order valence-electron chi connectivity index (χ3n) is 5.77. The van der Waals surface area contributed by atoms with Crippen molar-refractivity contribution in [3.05, 3.63) is 56.8 Å². The lowest BCUT2D eigenvalue weighted by atomic mass is 9.84. The van der Waals surface area contributed by atoms with Gasteiger partial charge in [0.05, 0.1) is 10.8 Å². The fraction of sp³-hybridized carbons (Fsp3) is 0.500. The molecule has 0 radical (unpaired) electrons. The van der Waals surface area contributed by atoms with Crippen LogP contribution in [0.15, 0.2) is 29.6 Å². The zero-order valence-electron chi connectivity index (χ0n) is 18.1. The maximum absolute atomic E-state index is 12.6. The van der Waals surface area contributed by atoms with E-state index in [0.717, 1.165) is 10.4 Å². The van der Waals surface area contributed by atoms with Crippen molar-refractivity contribution >= 4 is 23.2 Å². The first-order valence-corrected chi connectivity index (χ1v) is 11.1. The van der Waals surface area contributed by atoms with Crippen molar-refractivity contribution in [2.24, 2.45) is 5.92 Å². The highest BCUT2D eigenvalue weighted by molar-refractivity contribution is 7.12. The number of piperidine rings is 1. The van der Waals surface area contributed by atoms with Crippen LogP contribution in [0.4, 0.5) is 0 Å². The molecule has 4 nitrogen and oxygen atoms in total. The van der Waals surface area contributed by atoms with Gasteiger partial charge in [-0.1, -0.05) is 39.0 Å². The lowest BCUT2D eigenvalue weighted by Crippen LogP contribution is -2.40. The normalized spacial score (nSPS) is 15.4. The van der Waals surface area contributed by atoms with Crippen molar-refractivity contribution in [3.8, 4) is 0 Å². The summed E-state index contributed by atoms with van der Waals surface area (Å²) in [6.07, 6.45) is 1.33. The van der Waals surface area contributed by atoms with Gasteiger partial charge in [-0.25, -0.2) is 0 Å². The van der Waals surface area contributed by atoms with E-state index in [1.807, 2.05) is 22.4 Å². The monoisotopic (exact) mass is 413 g/mol. The lowest BCUT2D eigenvalue weighted by Gasteiger charge is -2.30. The van der Waals surface area contributed by atoms with Crippen LogP contribution in [0.2, 0.25) is 0 Å². The molecule has 156 valence electrons. The molecule has 0 N–H and O–H groups in total. The van der Waals surface area contributed by atoms with Crippen molar-refractivity contribution in [3.63, 3.8) is 0 Å². The van der Waals surface area contributed by atoms with Gasteiger partial charge in [0.15, 0.2) is 0 Å². The second kappa shape index (κ2) is 8.70. The van der Waals surface area contributed by atoms with E-state index in [2.05, 4.69) is 46.8 Å². The van der Waals surface area contributed by atoms with Gasteiger partial charge >= 0.3 is 5.97 Å². The summed E-state index contributed by atoms with van der Waals surface area (Å²) in [6, 6.07) is 8.14. The first-order chi connectivity index (χ1) is 13.7. The molecule has 1 aromatic carbocycles. The molecular weight excluding hydrogens is 382 g/mol. The number of amides is 1. The molecule has 0 bridgehead atoms. The Morgan fingerprint density at radius 3 is 2.28 bits per heavy atom. The molecule has 2 aromatic rings. The SMILES string of the molecule is Cc1cc(C(C)(C)C)cc(C)c1COC(=O)C1CCN(C(=O)c2cccs2)CC1. The smallest absolute Gasteiger partial charge is 0.309 e. The first-order valence-electron chi connectivity index (χ1n) is 10.3. The quantitative estimate of drug-likeness (QED) is 0.643. The summed E-state index contributed by atoms with van der Waals surface area (Å²) in [7, 11) is 0. The highest BCUT2D eigenvalue weighted by Gasteiger charge is 2.29. The Balaban J connectivity index is 1.55. The Hall–Kier alpha value is -2.14. The molecule has 2 heterocycles. The van der Waals surface area contributed by atoms with Crippen molar-refractivity contribution < 1.29 is 14.3 Å². The van der Waals surface area contributed by atoms with Crippen molar-refractivity contribution in [2.75, 3.05) is 13.1 Å². The summed E-state index contributed by atoms with van der Waals surface area (Å²) in [5.41, 5.74) is 4.82. The Kier molecular flexibility index (Phi) is 6.47. The fourth-order valence-electron chi connectivity index (χ4n) is 3.79. The number of aryl methyl sites for hydroxylation is 2. The average Bonchev–Trinajstić information content (AvgIpc) is 3.20. The Morgan fingerprint density at radius 2 is 1.76 bits per heavy atom. The molecule has 3 rings (SSSR count). The second-order valence-electron chi connectivity index (χ2n) is 8.99. The molecule has 1 fully saturated rings. The van der Waals surface area contributed by atoms with Crippen LogP contribution in [0.25, 0.3) is 0 Å². The zero-order chi connectivity index (χ0) is 21.2. The zero-order valence-corrected chi connectivity index (χ0v) is 18.9. The minimum absolute atomic E-state index is 0.0667. The van der Waals surface area contributed by atoms with Gasteiger partial charge in [-0.2, -0.15) is 0 Å². The molecule has 0 saturated carbocycles. The molecule has 1 aliphatic rings. The topological polar surface area (TPSA) is 46.6 Å². The molecule has 1 amide bonds. The van der Waals surface area contributed by atoms with Gasteiger partial charge in [0.1, 0.15) is 6.61 Å². The molecule has 1 aromatic heterocycles. The molecule has 29 heavy (non-hydrogen) atoms. The largest absolute Gasteiger partial charge is 0.461 e. The number of hydrogen-bond acceptors (Lipinski definition) is 4. The van der Waals surface area contributed by atoms with E-state index in [4.69, 9.17) is 4.74 Å². The molecular formula is C24H31NO3S. The van der Waals surface area contributed by atoms with Crippen LogP contribution in [-0.2, 0) is 21.6 Å². The van der Waals surface area contributed by atoms with Crippen molar-refractivity contribution in [1.29, 1.82) is 0 Å². The van der Waals surface area contributed by atoms with Gasteiger partial charge in [0, 0.05) is 13.1 Å². The van der Waals surface area contributed by atoms with Gasteiger partial charge < -0.3 is 9.64 Å². The van der Waals surface area contributed by atoms with Gasteiger partial charge in [-0.05, 0) is 65.8 Å². The van der Waals surface area contributed by atoms with E-state index in [9.17, 15) is 9.59 Å². The number of carbonyl (C=O) groups is 2. The van der Waals surface area contributed by atoms with E-state index in [0.29, 0.717) is 32.5 Å². The molecule has 0 unspecified atom stereocenters.